The van der Waals surface area contributed by atoms with E-state index in [9.17, 15) is 0 Å². The molecule has 0 unspecified atom stereocenters. The number of fused-ring (bicyclic) bond motifs is 2. The van der Waals surface area contributed by atoms with Crippen molar-refractivity contribution in [3.05, 3.63) is 76.3 Å². The molecule has 3 nitrogen and oxygen atoms in total. The van der Waals surface area contributed by atoms with E-state index < -0.39 is 6.80 Å². The molecule has 3 aromatic carbocycles. The molecule has 0 spiro atoms. The number of aryl methyl sites for hydroxylation is 1. The Hall–Kier alpha value is -1.81. The first-order chi connectivity index (χ1) is 18.6. The van der Waals surface area contributed by atoms with Gasteiger partial charge in [-0.05, 0) is 64.0 Å². The van der Waals surface area contributed by atoms with Gasteiger partial charge in [-0.3, -0.25) is 0 Å². The lowest BCUT2D eigenvalue weighted by atomic mass is 9.80. The topological polar surface area (TPSA) is 35.5 Å². The van der Waals surface area contributed by atoms with Crippen LogP contribution in [-0.2, 0) is 26.2 Å². The zero-order chi connectivity index (χ0) is 30.8. The molecular formula is C35H47O3PS2. The number of benzene rings is 3. The summed E-state index contributed by atoms with van der Waals surface area (Å²) in [5, 5.41) is 0. The normalized spacial score (nSPS) is 15.6. The van der Waals surface area contributed by atoms with Crippen LogP contribution in [0.1, 0.15) is 111 Å². The molecule has 0 atom stereocenters. The lowest BCUT2D eigenvalue weighted by Gasteiger charge is -2.34. The number of hydrogen-bond donors (Lipinski definition) is 0. The van der Waals surface area contributed by atoms with Crippen LogP contribution in [0.25, 0.3) is 0 Å². The van der Waals surface area contributed by atoms with E-state index in [4.69, 9.17) is 9.05 Å². The van der Waals surface area contributed by atoms with E-state index in [1.54, 1.807) is 11.8 Å². The number of rotatable bonds is 2. The summed E-state index contributed by atoms with van der Waals surface area (Å²) >= 11 is 2.85. The maximum Gasteiger partial charge on any atom is 0.497 e. The van der Waals surface area contributed by atoms with E-state index >= 15 is 4.57 Å². The average molecular weight is 611 g/mol. The van der Waals surface area contributed by atoms with Crippen molar-refractivity contribution in [2.24, 2.45) is 0 Å². The highest BCUT2D eigenvalue weighted by molar-refractivity contribution is 8.55. The SMILES string of the molecule is Cc1ccc(SP2(=O)Oc3c(cc(C(C)(C)C)cc3C(C)(C)C)Sc3cc(C(C)(C)C)cc(C(C)(C)C)c3O2)cc1. The van der Waals surface area contributed by atoms with Crippen LogP contribution in [0.3, 0.4) is 0 Å². The zero-order valence-corrected chi connectivity index (χ0v) is 29.6. The first kappa shape index (κ1) is 32.1. The molecule has 6 heteroatoms. The molecule has 41 heavy (non-hydrogen) atoms. The van der Waals surface area contributed by atoms with Crippen LogP contribution in [-0.4, -0.2) is 0 Å². The Morgan fingerprint density at radius 1 is 0.610 bits per heavy atom. The second kappa shape index (κ2) is 10.7. The minimum absolute atomic E-state index is 0.0680. The molecule has 1 heterocycles. The Kier molecular flexibility index (Phi) is 8.40. The summed E-state index contributed by atoms with van der Waals surface area (Å²) in [6.07, 6.45) is 0. The van der Waals surface area contributed by atoms with Crippen molar-refractivity contribution in [2.75, 3.05) is 0 Å². The maximum absolute atomic E-state index is 15.0. The first-order valence-electron chi connectivity index (χ1n) is 14.4. The predicted octanol–water partition coefficient (Wildman–Crippen LogP) is 12.0. The predicted molar refractivity (Wildman–Crippen MR) is 178 cm³/mol. The smallest absolute Gasteiger partial charge is 0.407 e. The van der Waals surface area contributed by atoms with E-state index in [1.807, 2.05) is 31.2 Å². The van der Waals surface area contributed by atoms with Gasteiger partial charge in [0.15, 0.2) is 0 Å². The summed E-state index contributed by atoms with van der Waals surface area (Å²) in [5.74, 6) is 1.31. The summed E-state index contributed by atoms with van der Waals surface area (Å²) in [6, 6.07) is 17.0. The molecule has 0 aliphatic carbocycles. The van der Waals surface area contributed by atoms with Gasteiger partial charge < -0.3 is 9.05 Å². The summed E-state index contributed by atoms with van der Waals surface area (Å²) in [7, 11) is 0. The second-order valence-corrected chi connectivity index (χ2v) is 20.2. The zero-order valence-electron chi connectivity index (χ0n) is 27.1. The van der Waals surface area contributed by atoms with Gasteiger partial charge in [0.2, 0.25) is 0 Å². The van der Waals surface area contributed by atoms with Crippen molar-refractivity contribution in [3.8, 4) is 11.5 Å². The van der Waals surface area contributed by atoms with Gasteiger partial charge in [-0.1, -0.05) is 125 Å². The molecule has 0 saturated carbocycles. The van der Waals surface area contributed by atoms with Crippen LogP contribution in [0, 0.1) is 6.92 Å². The van der Waals surface area contributed by atoms with Crippen LogP contribution in [0.15, 0.2) is 63.2 Å². The maximum atomic E-state index is 15.0. The van der Waals surface area contributed by atoms with Crippen LogP contribution in [0.5, 0.6) is 11.5 Å². The fourth-order valence-corrected chi connectivity index (χ4v) is 9.15. The summed E-state index contributed by atoms with van der Waals surface area (Å²) in [4.78, 5) is 2.80. The van der Waals surface area contributed by atoms with E-state index in [0.29, 0.717) is 11.5 Å². The molecule has 0 fully saturated rings. The highest BCUT2D eigenvalue weighted by Gasteiger charge is 2.40. The van der Waals surface area contributed by atoms with Crippen molar-refractivity contribution >= 4 is 29.9 Å². The molecule has 1 aliphatic heterocycles. The third-order valence-electron chi connectivity index (χ3n) is 7.32. The molecule has 0 radical (unpaired) electrons. The van der Waals surface area contributed by atoms with E-state index in [1.165, 1.54) is 22.5 Å². The first-order valence-corrected chi connectivity index (χ1v) is 18.2. The fraction of sp³-hybridized carbons (Fsp3) is 0.486. The lowest BCUT2D eigenvalue weighted by Crippen LogP contribution is -2.20. The minimum Gasteiger partial charge on any atom is -0.407 e. The molecule has 0 amide bonds. The summed E-state index contributed by atoms with van der Waals surface area (Å²) < 4.78 is 28.4. The molecule has 222 valence electrons. The standard InChI is InChI=1S/C35H47O3PS2/c1-22-14-16-25(17-15-22)41-39(36)37-30-26(34(8,9)10)18-23(32(2,3)4)20-28(30)40-29-21-24(33(5,6)7)19-27(31(29)38-39)35(11,12)13/h14-21H,1-13H3. The van der Waals surface area contributed by atoms with Crippen LogP contribution in [0.4, 0.5) is 0 Å². The van der Waals surface area contributed by atoms with E-state index in [2.05, 4.69) is 107 Å². The quantitative estimate of drug-likeness (QED) is 0.270. The molecular weight excluding hydrogens is 563 g/mol. The largest absolute Gasteiger partial charge is 0.497 e. The summed E-state index contributed by atoms with van der Waals surface area (Å²) in [6.45, 7) is 24.8. The fourth-order valence-electron chi connectivity index (χ4n) is 4.65. The van der Waals surface area contributed by atoms with Gasteiger partial charge in [0.1, 0.15) is 11.5 Å². The Balaban J connectivity index is 2.08. The van der Waals surface area contributed by atoms with Crippen molar-refractivity contribution in [2.45, 2.75) is 126 Å². The lowest BCUT2D eigenvalue weighted by molar-refractivity contribution is 0.385. The van der Waals surface area contributed by atoms with E-state index in [-0.39, 0.29) is 21.7 Å². The highest BCUT2D eigenvalue weighted by atomic mass is 32.7. The monoisotopic (exact) mass is 610 g/mol. The van der Waals surface area contributed by atoms with Gasteiger partial charge in [0, 0.05) is 27.4 Å². The molecule has 0 aromatic heterocycles. The Morgan fingerprint density at radius 3 is 1.34 bits per heavy atom. The molecule has 1 aliphatic rings. The van der Waals surface area contributed by atoms with Gasteiger partial charge in [-0.2, -0.15) is 0 Å². The third kappa shape index (κ3) is 7.23. The van der Waals surface area contributed by atoms with Gasteiger partial charge in [-0.15, -0.1) is 0 Å². The molecule has 0 bridgehead atoms. The third-order valence-corrected chi connectivity index (χ3v) is 11.6. The molecule has 0 N–H and O–H groups in total. The van der Waals surface area contributed by atoms with Gasteiger partial charge in [-0.25, -0.2) is 4.57 Å². The van der Waals surface area contributed by atoms with Gasteiger partial charge in [0.25, 0.3) is 0 Å². The van der Waals surface area contributed by atoms with Crippen LogP contribution in [0.2, 0.25) is 0 Å². The molecule has 3 aromatic rings. The van der Waals surface area contributed by atoms with Crippen molar-refractivity contribution in [1.82, 2.24) is 0 Å². The van der Waals surface area contributed by atoms with Gasteiger partial charge in [0.05, 0.1) is 9.79 Å². The van der Waals surface area contributed by atoms with Crippen molar-refractivity contribution < 1.29 is 13.6 Å². The van der Waals surface area contributed by atoms with Crippen molar-refractivity contribution in [1.29, 1.82) is 0 Å². The average Bonchev–Trinajstić information content (AvgIpc) is 2.78. The minimum atomic E-state index is -3.79. The van der Waals surface area contributed by atoms with Crippen LogP contribution < -0.4 is 9.05 Å². The Morgan fingerprint density at radius 2 is 1.00 bits per heavy atom. The Labute approximate surface area is 256 Å². The van der Waals surface area contributed by atoms with E-state index in [0.717, 1.165) is 31.4 Å². The van der Waals surface area contributed by atoms with Crippen LogP contribution >= 0.6 is 29.9 Å². The Bertz CT molecular complexity index is 1410. The number of hydrogen-bond acceptors (Lipinski definition) is 5. The molecule has 0 saturated heterocycles. The molecule has 4 rings (SSSR count). The summed E-state index contributed by atoms with van der Waals surface area (Å²) in [5.41, 5.74) is 5.05. The van der Waals surface area contributed by atoms with Crippen molar-refractivity contribution in [3.63, 3.8) is 0 Å². The van der Waals surface area contributed by atoms with Gasteiger partial charge >= 0.3 is 6.80 Å². The second-order valence-electron chi connectivity index (χ2n) is 15.3. The highest BCUT2D eigenvalue weighted by Crippen LogP contribution is 2.67.